The lowest BCUT2D eigenvalue weighted by atomic mass is 10.1. The molecule has 4 nitrogen and oxygen atoms in total. The van der Waals surface area contributed by atoms with Crippen molar-refractivity contribution in [3.8, 4) is 5.75 Å². The van der Waals surface area contributed by atoms with Gasteiger partial charge >= 0.3 is 6.18 Å². The molecule has 2 rings (SSSR count). The Labute approximate surface area is 150 Å². The van der Waals surface area contributed by atoms with Gasteiger partial charge in [0.15, 0.2) is 6.61 Å². The number of para-hydroxylation sites is 1. The molecule has 2 aromatic rings. The first kappa shape index (κ1) is 19.6. The van der Waals surface area contributed by atoms with Crippen LogP contribution >= 0.6 is 0 Å². The Kier molecular flexibility index (Phi) is 5.79. The van der Waals surface area contributed by atoms with E-state index < -0.39 is 17.6 Å². The monoisotopic (exact) mass is 366 g/mol. The summed E-state index contributed by atoms with van der Waals surface area (Å²) in [5, 5.41) is 2.29. The quantitative estimate of drug-likeness (QED) is 0.853. The van der Waals surface area contributed by atoms with Crippen molar-refractivity contribution in [2.75, 3.05) is 30.9 Å². The molecule has 0 aliphatic rings. The molecule has 1 amide bonds. The largest absolute Gasteiger partial charge is 0.483 e. The molecule has 0 aromatic heterocycles. The lowest BCUT2D eigenvalue weighted by Gasteiger charge is -2.19. The maximum absolute atomic E-state index is 13.3. The zero-order chi connectivity index (χ0) is 19.5. The standard InChI is InChI=1S/C19H21F3N2O2/c1-12-6-5-7-13(2)18(12)26-11-17(25)23-16-9-8-14(24(3)4)10-15(16)19(20,21)22/h5-10H,11H2,1-4H3,(H,23,25). The highest BCUT2D eigenvalue weighted by atomic mass is 19.4. The van der Waals surface area contributed by atoms with Crippen molar-refractivity contribution in [2.24, 2.45) is 0 Å². The molecule has 0 unspecified atom stereocenters. The van der Waals surface area contributed by atoms with Crippen LogP contribution in [0.1, 0.15) is 16.7 Å². The predicted molar refractivity (Wildman–Crippen MR) is 95.8 cm³/mol. The molecule has 0 saturated carbocycles. The molecule has 140 valence electrons. The molecular weight excluding hydrogens is 345 g/mol. The number of halogens is 3. The summed E-state index contributed by atoms with van der Waals surface area (Å²) in [6.45, 7) is 3.29. The highest BCUT2D eigenvalue weighted by molar-refractivity contribution is 5.93. The minimum atomic E-state index is -4.58. The fourth-order valence-corrected chi connectivity index (χ4v) is 2.50. The fraction of sp³-hybridized carbons (Fsp3) is 0.316. The van der Waals surface area contributed by atoms with Gasteiger partial charge in [-0.15, -0.1) is 0 Å². The molecule has 0 aliphatic carbocycles. The van der Waals surface area contributed by atoms with E-state index in [0.29, 0.717) is 11.4 Å². The molecule has 0 atom stereocenters. The van der Waals surface area contributed by atoms with Crippen LogP contribution in [0.2, 0.25) is 0 Å². The number of nitrogens with zero attached hydrogens (tertiary/aromatic N) is 1. The summed E-state index contributed by atoms with van der Waals surface area (Å²) in [6.07, 6.45) is -4.58. The SMILES string of the molecule is Cc1cccc(C)c1OCC(=O)Nc1ccc(N(C)C)cc1C(F)(F)F. The molecule has 0 bridgehead atoms. The Hall–Kier alpha value is -2.70. The summed E-state index contributed by atoms with van der Waals surface area (Å²) in [6, 6.07) is 9.29. The molecule has 1 N–H and O–H groups in total. The Morgan fingerprint density at radius 3 is 2.27 bits per heavy atom. The summed E-state index contributed by atoms with van der Waals surface area (Å²) in [5.41, 5.74) is 0.901. The third-order valence-corrected chi connectivity index (χ3v) is 3.86. The van der Waals surface area contributed by atoms with E-state index in [-0.39, 0.29) is 12.3 Å². The summed E-state index contributed by atoms with van der Waals surface area (Å²) in [5.74, 6) is -0.0996. The molecule has 0 radical (unpaired) electrons. The van der Waals surface area contributed by atoms with Gasteiger partial charge < -0.3 is 15.0 Å². The van der Waals surface area contributed by atoms with Crippen molar-refractivity contribution in [1.29, 1.82) is 0 Å². The van der Waals surface area contributed by atoms with Crippen LogP contribution in [-0.4, -0.2) is 26.6 Å². The van der Waals surface area contributed by atoms with Gasteiger partial charge in [0, 0.05) is 19.8 Å². The number of carbonyl (C=O) groups is 1. The van der Waals surface area contributed by atoms with Crippen molar-refractivity contribution in [3.63, 3.8) is 0 Å². The summed E-state index contributed by atoms with van der Waals surface area (Å²) in [7, 11) is 3.29. The Bertz CT molecular complexity index is 782. The smallest absolute Gasteiger partial charge is 0.418 e. The molecule has 0 spiro atoms. The topological polar surface area (TPSA) is 41.6 Å². The van der Waals surface area contributed by atoms with Gasteiger partial charge in [-0.1, -0.05) is 18.2 Å². The van der Waals surface area contributed by atoms with Crippen molar-refractivity contribution in [2.45, 2.75) is 20.0 Å². The number of nitrogens with one attached hydrogen (secondary N) is 1. The van der Waals surface area contributed by atoms with E-state index in [0.717, 1.165) is 17.2 Å². The van der Waals surface area contributed by atoms with E-state index in [1.165, 1.54) is 12.1 Å². The van der Waals surface area contributed by atoms with Crippen LogP contribution in [0.3, 0.4) is 0 Å². The molecule has 0 saturated heterocycles. The number of hydrogen-bond donors (Lipinski definition) is 1. The van der Waals surface area contributed by atoms with Crippen LogP contribution in [-0.2, 0) is 11.0 Å². The second-order valence-corrected chi connectivity index (χ2v) is 6.18. The first-order valence-corrected chi connectivity index (χ1v) is 7.97. The zero-order valence-corrected chi connectivity index (χ0v) is 15.1. The first-order chi connectivity index (χ1) is 12.1. The van der Waals surface area contributed by atoms with Gasteiger partial charge in [-0.2, -0.15) is 13.2 Å². The first-order valence-electron chi connectivity index (χ1n) is 7.97. The number of carbonyl (C=O) groups excluding carboxylic acids is 1. The Morgan fingerprint density at radius 2 is 1.73 bits per heavy atom. The Morgan fingerprint density at radius 1 is 1.12 bits per heavy atom. The highest BCUT2D eigenvalue weighted by Crippen LogP contribution is 2.37. The number of alkyl halides is 3. The predicted octanol–water partition coefficient (Wildman–Crippen LogP) is 4.41. The van der Waals surface area contributed by atoms with E-state index in [9.17, 15) is 18.0 Å². The number of rotatable bonds is 5. The molecule has 0 aliphatic heterocycles. The molecule has 0 heterocycles. The number of anilines is 2. The maximum atomic E-state index is 13.3. The number of ether oxygens (including phenoxy) is 1. The van der Waals surface area contributed by atoms with E-state index in [1.54, 1.807) is 19.0 Å². The average Bonchev–Trinajstić information content (AvgIpc) is 2.53. The van der Waals surface area contributed by atoms with Crippen LogP contribution in [0.4, 0.5) is 24.5 Å². The molecule has 7 heteroatoms. The second kappa shape index (κ2) is 7.68. The van der Waals surface area contributed by atoms with Crippen LogP contribution in [0.25, 0.3) is 0 Å². The average molecular weight is 366 g/mol. The van der Waals surface area contributed by atoms with Crippen molar-refractivity contribution < 1.29 is 22.7 Å². The van der Waals surface area contributed by atoms with Gasteiger partial charge in [-0.25, -0.2) is 0 Å². The second-order valence-electron chi connectivity index (χ2n) is 6.18. The third-order valence-electron chi connectivity index (χ3n) is 3.86. The summed E-state index contributed by atoms with van der Waals surface area (Å²) < 4.78 is 45.4. The Balaban J connectivity index is 2.16. The van der Waals surface area contributed by atoms with Crippen molar-refractivity contribution >= 4 is 17.3 Å². The summed E-state index contributed by atoms with van der Waals surface area (Å²) in [4.78, 5) is 13.7. The minimum absolute atomic E-state index is 0.293. The van der Waals surface area contributed by atoms with Crippen molar-refractivity contribution in [3.05, 3.63) is 53.1 Å². The van der Waals surface area contributed by atoms with Gasteiger partial charge in [0.25, 0.3) is 5.91 Å². The van der Waals surface area contributed by atoms with E-state index >= 15 is 0 Å². The fourth-order valence-electron chi connectivity index (χ4n) is 2.50. The van der Waals surface area contributed by atoms with Gasteiger partial charge in [0.05, 0.1) is 11.3 Å². The number of hydrogen-bond acceptors (Lipinski definition) is 3. The molecule has 0 fully saturated rings. The molecular formula is C19H21F3N2O2. The lowest BCUT2D eigenvalue weighted by molar-refractivity contribution is -0.137. The third kappa shape index (κ3) is 4.68. The van der Waals surface area contributed by atoms with Gasteiger partial charge in [0.2, 0.25) is 0 Å². The normalized spacial score (nSPS) is 11.2. The maximum Gasteiger partial charge on any atom is 0.418 e. The van der Waals surface area contributed by atoms with E-state index in [2.05, 4.69) is 5.32 Å². The van der Waals surface area contributed by atoms with Gasteiger partial charge in [-0.3, -0.25) is 4.79 Å². The number of aryl methyl sites for hydroxylation is 2. The van der Waals surface area contributed by atoms with Gasteiger partial charge in [0.1, 0.15) is 5.75 Å². The van der Waals surface area contributed by atoms with Crippen LogP contribution in [0, 0.1) is 13.8 Å². The molecule has 2 aromatic carbocycles. The van der Waals surface area contributed by atoms with Crippen LogP contribution < -0.4 is 15.0 Å². The van der Waals surface area contributed by atoms with E-state index in [1.807, 2.05) is 32.0 Å². The van der Waals surface area contributed by atoms with Crippen LogP contribution in [0.5, 0.6) is 5.75 Å². The zero-order valence-electron chi connectivity index (χ0n) is 15.1. The van der Waals surface area contributed by atoms with Crippen LogP contribution in [0.15, 0.2) is 36.4 Å². The number of amides is 1. The minimum Gasteiger partial charge on any atom is -0.483 e. The molecule has 26 heavy (non-hydrogen) atoms. The number of benzene rings is 2. The van der Waals surface area contributed by atoms with E-state index in [4.69, 9.17) is 4.74 Å². The van der Waals surface area contributed by atoms with Crippen molar-refractivity contribution in [1.82, 2.24) is 0 Å². The lowest BCUT2D eigenvalue weighted by Crippen LogP contribution is -2.23. The summed E-state index contributed by atoms with van der Waals surface area (Å²) >= 11 is 0. The van der Waals surface area contributed by atoms with Gasteiger partial charge in [-0.05, 0) is 43.2 Å². The highest BCUT2D eigenvalue weighted by Gasteiger charge is 2.34.